The number of hydrogen-bond donors (Lipinski definition) is 1. The van der Waals surface area contributed by atoms with E-state index in [1.807, 2.05) is 13.0 Å². The lowest BCUT2D eigenvalue weighted by molar-refractivity contribution is 0.611. The third-order valence-electron chi connectivity index (χ3n) is 2.54. The quantitative estimate of drug-likeness (QED) is 0.809. The molecular formula is C14H21N3. The first-order valence-corrected chi connectivity index (χ1v) is 6.02. The zero-order valence-electron chi connectivity index (χ0n) is 11.3. The maximum absolute atomic E-state index is 5.50. The highest BCUT2D eigenvalue weighted by atomic mass is 15.1. The molecule has 0 fully saturated rings. The third-order valence-corrected chi connectivity index (χ3v) is 2.54. The number of rotatable bonds is 4. The molecule has 1 unspecified atom stereocenters. The zero-order chi connectivity index (χ0) is 13.0. The number of aryl methyl sites for hydroxylation is 1. The Kier molecular flexibility index (Phi) is 4.51. The first-order valence-electron chi connectivity index (χ1n) is 6.02. The van der Waals surface area contributed by atoms with Gasteiger partial charge in [-0.2, -0.15) is 0 Å². The molecule has 0 aliphatic heterocycles. The van der Waals surface area contributed by atoms with E-state index < -0.39 is 0 Å². The van der Waals surface area contributed by atoms with Crippen LogP contribution in [0.15, 0.2) is 6.07 Å². The van der Waals surface area contributed by atoms with Crippen molar-refractivity contribution in [2.45, 2.75) is 46.6 Å². The van der Waals surface area contributed by atoms with Gasteiger partial charge in [0.1, 0.15) is 11.6 Å². The molecule has 3 nitrogen and oxygen atoms in total. The summed E-state index contributed by atoms with van der Waals surface area (Å²) in [6, 6.07) is 1.93. The van der Waals surface area contributed by atoms with Gasteiger partial charge in [-0.1, -0.05) is 33.6 Å². The normalized spacial score (nSPS) is 12.6. The highest BCUT2D eigenvalue weighted by Crippen LogP contribution is 2.15. The lowest BCUT2D eigenvalue weighted by Gasteiger charge is -2.18. The van der Waals surface area contributed by atoms with E-state index in [0.29, 0.717) is 11.8 Å². The number of hydrogen-bond acceptors (Lipinski definition) is 3. The first-order chi connectivity index (χ1) is 7.93. The average Bonchev–Trinajstić information content (AvgIpc) is 2.24. The van der Waals surface area contributed by atoms with Crippen LogP contribution in [0.5, 0.6) is 0 Å². The molecule has 0 radical (unpaired) electrons. The summed E-state index contributed by atoms with van der Waals surface area (Å²) in [5.74, 6) is 5.11. The largest absolute Gasteiger partial charge is 0.356 e. The van der Waals surface area contributed by atoms with E-state index in [1.165, 1.54) is 0 Å². The maximum atomic E-state index is 5.50. The van der Waals surface area contributed by atoms with Gasteiger partial charge in [-0.15, -0.1) is 6.42 Å². The molecule has 1 heterocycles. The van der Waals surface area contributed by atoms with Crippen molar-refractivity contribution >= 4 is 5.82 Å². The predicted octanol–water partition coefficient (Wildman–Crippen LogP) is 2.98. The van der Waals surface area contributed by atoms with E-state index in [9.17, 15) is 0 Å². The smallest absolute Gasteiger partial charge is 0.133 e. The summed E-state index contributed by atoms with van der Waals surface area (Å²) < 4.78 is 0. The summed E-state index contributed by atoms with van der Waals surface area (Å²) in [6.07, 6.45) is 5.50. The van der Waals surface area contributed by atoms with Crippen molar-refractivity contribution in [3.8, 4) is 12.3 Å². The van der Waals surface area contributed by atoms with Crippen LogP contribution in [0.3, 0.4) is 0 Å². The van der Waals surface area contributed by atoms with Crippen LogP contribution in [-0.4, -0.2) is 16.0 Å². The van der Waals surface area contributed by atoms with E-state index in [0.717, 1.165) is 17.3 Å². The molecule has 0 aromatic carbocycles. The van der Waals surface area contributed by atoms with Crippen molar-refractivity contribution in [3.63, 3.8) is 0 Å². The van der Waals surface area contributed by atoms with E-state index >= 15 is 0 Å². The Bertz CT molecular complexity index is 416. The number of nitrogens with zero attached hydrogens (tertiary/aromatic N) is 2. The molecule has 17 heavy (non-hydrogen) atoms. The van der Waals surface area contributed by atoms with Crippen molar-refractivity contribution in [3.05, 3.63) is 17.6 Å². The second kappa shape index (κ2) is 5.67. The molecule has 92 valence electrons. The average molecular weight is 231 g/mol. The summed E-state index contributed by atoms with van der Waals surface area (Å²) in [6.45, 7) is 10.3. The van der Waals surface area contributed by atoms with Crippen LogP contribution in [0.1, 0.15) is 45.1 Å². The van der Waals surface area contributed by atoms with Gasteiger partial charge in [-0.3, -0.25) is 0 Å². The fourth-order valence-electron chi connectivity index (χ4n) is 1.48. The topological polar surface area (TPSA) is 37.8 Å². The molecule has 0 bridgehead atoms. The molecule has 1 aromatic rings. The molecule has 1 atom stereocenters. The Morgan fingerprint density at radius 1 is 1.24 bits per heavy atom. The number of nitrogens with one attached hydrogen (secondary N) is 1. The van der Waals surface area contributed by atoms with Crippen molar-refractivity contribution < 1.29 is 0 Å². The van der Waals surface area contributed by atoms with E-state index in [-0.39, 0.29) is 6.04 Å². The van der Waals surface area contributed by atoms with Crippen LogP contribution in [0, 0.1) is 25.2 Å². The van der Waals surface area contributed by atoms with Crippen molar-refractivity contribution in [1.82, 2.24) is 9.97 Å². The van der Waals surface area contributed by atoms with Crippen LogP contribution >= 0.6 is 0 Å². The van der Waals surface area contributed by atoms with Gasteiger partial charge < -0.3 is 5.32 Å². The van der Waals surface area contributed by atoms with Gasteiger partial charge in [0.25, 0.3) is 0 Å². The van der Waals surface area contributed by atoms with Gasteiger partial charge in [0.05, 0.1) is 6.04 Å². The van der Waals surface area contributed by atoms with Crippen molar-refractivity contribution in [2.75, 3.05) is 5.32 Å². The Hall–Kier alpha value is -1.56. The van der Waals surface area contributed by atoms with Gasteiger partial charge in [0.15, 0.2) is 0 Å². The highest BCUT2D eigenvalue weighted by molar-refractivity contribution is 5.39. The van der Waals surface area contributed by atoms with E-state index in [4.69, 9.17) is 6.42 Å². The number of aromatic nitrogens is 2. The second-order valence-electron chi connectivity index (χ2n) is 4.94. The predicted molar refractivity (Wildman–Crippen MR) is 71.9 cm³/mol. The molecule has 0 spiro atoms. The molecule has 3 heteroatoms. The fourth-order valence-corrected chi connectivity index (χ4v) is 1.48. The van der Waals surface area contributed by atoms with Crippen LogP contribution in [0.4, 0.5) is 5.82 Å². The van der Waals surface area contributed by atoms with Crippen molar-refractivity contribution in [2.24, 2.45) is 5.92 Å². The molecule has 1 N–H and O–H groups in total. The van der Waals surface area contributed by atoms with Crippen LogP contribution in [-0.2, 0) is 0 Å². The lowest BCUT2D eigenvalue weighted by atomic mass is 10.1. The minimum absolute atomic E-state index is 0.00399. The third kappa shape index (κ3) is 3.74. The first kappa shape index (κ1) is 13.5. The van der Waals surface area contributed by atoms with Gasteiger partial charge in [0.2, 0.25) is 0 Å². The SMILES string of the molecule is C#CC(Nc1cc(C)nc(C(C)C)n1)C(C)C. The summed E-state index contributed by atoms with van der Waals surface area (Å²) >= 11 is 0. The molecule has 0 aliphatic carbocycles. The summed E-state index contributed by atoms with van der Waals surface area (Å²) in [5.41, 5.74) is 0.964. The van der Waals surface area contributed by atoms with Gasteiger partial charge in [-0.25, -0.2) is 9.97 Å². The number of anilines is 1. The second-order valence-corrected chi connectivity index (χ2v) is 4.94. The van der Waals surface area contributed by atoms with Gasteiger partial charge >= 0.3 is 0 Å². The highest BCUT2D eigenvalue weighted by Gasteiger charge is 2.12. The van der Waals surface area contributed by atoms with Crippen molar-refractivity contribution in [1.29, 1.82) is 0 Å². The maximum Gasteiger partial charge on any atom is 0.133 e. The number of terminal acetylenes is 1. The Balaban J connectivity index is 2.95. The van der Waals surface area contributed by atoms with E-state index in [1.54, 1.807) is 0 Å². The Labute approximate surface area is 104 Å². The summed E-state index contributed by atoms with van der Waals surface area (Å²) in [5, 5.41) is 3.28. The molecular weight excluding hydrogens is 210 g/mol. The van der Waals surface area contributed by atoms with E-state index in [2.05, 4.69) is 48.9 Å². The monoisotopic (exact) mass is 231 g/mol. The molecule has 0 aliphatic rings. The lowest BCUT2D eigenvalue weighted by Crippen LogP contribution is -2.24. The minimum atomic E-state index is 0.00399. The Morgan fingerprint density at radius 2 is 1.88 bits per heavy atom. The standard InChI is InChI=1S/C14H21N3/c1-7-12(9(2)3)16-13-8-11(6)15-14(17-13)10(4)5/h1,8-10,12H,2-6H3,(H,15,16,17). The van der Waals surface area contributed by atoms with Gasteiger partial charge in [-0.05, 0) is 12.8 Å². The molecule has 0 saturated carbocycles. The summed E-state index contributed by atoms with van der Waals surface area (Å²) in [4.78, 5) is 8.89. The summed E-state index contributed by atoms with van der Waals surface area (Å²) in [7, 11) is 0. The molecule has 1 aromatic heterocycles. The molecule has 0 amide bonds. The molecule has 1 rings (SSSR count). The van der Waals surface area contributed by atoms with Crippen LogP contribution < -0.4 is 5.32 Å². The zero-order valence-corrected chi connectivity index (χ0v) is 11.3. The van der Waals surface area contributed by atoms with Crippen LogP contribution in [0.25, 0.3) is 0 Å². The molecule has 0 saturated heterocycles. The minimum Gasteiger partial charge on any atom is -0.356 e. The Morgan fingerprint density at radius 3 is 2.35 bits per heavy atom. The van der Waals surface area contributed by atoms with Crippen LogP contribution in [0.2, 0.25) is 0 Å². The van der Waals surface area contributed by atoms with Gasteiger partial charge in [0, 0.05) is 17.7 Å². The fraction of sp³-hybridized carbons (Fsp3) is 0.571.